The summed E-state index contributed by atoms with van der Waals surface area (Å²) in [6.07, 6.45) is -1.01. The fourth-order valence-electron chi connectivity index (χ4n) is 2.82. The highest BCUT2D eigenvalue weighted by Crippen LogP contribution is 2.22. The van der Waals surface area contributed by atoms with Gasteiger partial charge in [-0.05, 0) is 31.0 Å². The van der Waals surface area contributed by atoms with Crippen LogP contribution < -0.4 is 11.0 Å². The van der Waals surface area contributed by atoms with E-state index in [9.17, 15) is 14.4 Å². The summed E-state index contributed by atoms with van der Waals surface area (Å²) in [5.41, 5.74) is 1.85. The third-order valence-electron chi connectivity index (χ3n) is 4.13. The lowest BCUT2D eigenvalue weighted by molar-refractivity contribution is -0.150. The Morgan fingerprint density at radius 2 is 1.83 bits per heavy atom. The van der Waals surface area contributed by atoms with Crippen LogP contribution in [-0.2, 0) is 28.4 Å². The van der Waals surface area contributed by atoms with Gasteiger partial charge in [-0.15, -0.1) is 0 Å². The lowest BCUT2D eigenvalue weighted by Crippen LogP contribution is -2.29. The normalized spacial score (nSPS) is 20.8. The number of nitrogens with one attached hydrogen (secondary N) is 1. The van der Waals surface area contributed by atoms with Gasteiger partial charge in [-0.25, -0.2) is 9.59 Å². The number of hydrogen-bond donors (Lipinski definition) is 2. The van der Waals surface area contributed by atoms with E-state index in [4.69, 9.17) is 9.84 Å². The number of aromatic nitrogens is 2. The molecule has 122 valence electrons. The van der Waals surface area contributed by atoms with Crippen LogP contribution in [0.4, 0.5) is 5.69 Å². The highest BCUT2D eigenvalue weighted by Gasteiger charge is 2.34. The Kier molecular flexibility index (Phi) is 3.69. The largest absolute Gasteiger partial charge is 0.479 e. The minimum Gasteiger partial charge on any atom is -0.479 e. The molecule has 1 aromatic heterocycles. The van der Waals surface area contributed by atoms with Gasteiger partial charge in [0.15, 0.2) is 6.10 Å². The molecule has 2 heterocycles. The van der Waals surface area contributed by atoms with E-state index in [1.807, 2.05) is 0 Å². The van der Waals surface area contributed by atoms with Gasteiger partial charge >= 0.3 is 11.7 Å². The lowest BCUT2D eigenvalue weighted by Gasteiger charge is -2.12. The van der Waals surface area contributed by atoms with Crippen molar-refractivity contribution in [3.63, 3.8) is 0 Å². The Hall–Kier alpha value is -2.61. The van der Waals surface area contributed by atoms with Crippen molar-refractivity contribution >= 4 is 28.6 Å². The lowest BCUT2D eigenvalue weighted by atomic mass is 10.2. The molecule has 0 radical (unpaired) electrons. The van der Waals surface area contributed by atoms with Crippen LogP contribution >= 0.6 is 0 Å². The van der Waals surface area contributed by atoms with Crippen LogP contribution in [0.3, 0.4) is 0 Å². The number of aliphatic carboxylic acids is 1. The number of fused-ring (bicyclic) bond motifs is 1. The van der Waals surface area contributed by atoms with Crippen molar-refractivity contribution in [1.82, 2.24) is 9.13 Å². The highest BCUT2D eigenvalue weighted by molar-refractivity contribution is 5.96. The number of imidazole rings is 1. The van der Waals surface area contributed by atoms with Gasteiger partial charge in [0.1, 0.15) is 6.10 Å². The van der Waals surface area contributed by atoms with Crippen molar-refractivity contribution in [3.8, 4) is 0 Å². The number of carbonyl (C=O) groups excluding carboxylic acids is 1. The predicted molar refractivity (Wildman–Crippen MR) is 82.3 cm³/mol. The van der Waals surface area contributed by atoms with E-state index in [1.54, 1.807) is 32.3 Å². The van der Waals surface area contributed by atoms with Crippen molar-refractivity contribution in [3.05, 3.63) is 28.7 Å². The van der Waals surface area contributed by atoms with Gasteiger partial charge in [0, 0.05) is 19.8 Å². The molecule has 8 heteroatoms. The Balaban J connectivity index is 1.79. The number of amides is 1. The summed E-state index contributed by atoms with van der Waals surface area (Å²) in [4.78, 5) is 34.9. The topological polar surface area (TPSA) is 103 Å². The van der Waals surface area contributed by atoms with Gasteiger partial charge < -0.3 is 15.2 Å². The Labute approximate surface area is 131 Å². The first kappa shape index (κ1) is 15.3. The number of nitrogens with zero attached hydrogens (tertiary/aromatic N) is 2. The van der Waals surface area contributed by atoms with Crippen LogP contribution in [0.25, 0.3) is 11.0 Å². The van der Waals surface area contributed by atoms with Gasteiger partial charge in [-0.1, -0.05) is 0 Å². The molecule has 1 aliphatic rings. The number of carboxylic acids is 1. The molecular formula is C15H17N3O5. The SMILES string of the molecule is Cn1c(=O)n(C)c2cc(NC(=O)[C@@H]3CC[C@H](C(=O)O)O3)ccc21. The fourth-order valence-corrected chi connectivity index (χ4v) is 2.82. The predicted octanol–water partition coefficient (Wildman–Crippen LogP) is 0.448. The second-order valence-electron chi connectivity index (χ2n) is 5.62. The molecule has 2 aromatic rings. The van der Waals surface area contributed by atoms with Crippen LogP contribution in [-0.4, -0.2) is 38.3 Å². The second-order valence-corrected chi connectivity index (χ2v) is 5.62. The van der Waals surface area contributed by atoms with Crippen molar-refractivity contribution in [2.24, 2.45) is 14.1 Å². The van der Waals surface area contributed by atoms with Crippen molar-refractivity contribution in [2.75, 3.05) is 5.32 Å². The summed E-state index contributed by atoms with van der Waals surface area (Å²) < 4.78 is 8.24. The van der Waals surface area contributed by atoms with Crippen LogP contribution in [0.2, 0.25) is 0 Å². The average molecular weight is 319 g/mol. The van der Waals surface area contributed by atoms with Gasteiger partial charge in [-0.2, -0.15) is 0 Å². The average Bonchev–Trinajstić information content (AvgIpc) is 3.09. The molecule has 8 nitrogen and oxygen atoms in total. The number of hydrogen-bond acceptors (Lipinski definition) is 4. The standard InChI is InChI=1S/C15H17N3O5/c1-17-9-4-3-8(7-10(9)18(2)15(17)22)16-13(19)11-5-6-12(23-11)14(20)21/h3-4,7,11-12H,5-6H2,1-2H3,(H,16,19)(H,20,21)/t11-,12+/m0/s1. The Bertz CT molecular complexity index is 851. The minimum absolute atomic E-state index is 0.146. The monoisotopic (exact) mass is 319 g/mol. The van der Waals surface area contributed by atoms with Crippen LogP contribution in [0.5, 0.6) is 0 Å². The number of benzene rings is 1. The number of rotatable bonds is 3. The zero-order valence-corrected chi connectivity index (χ0v) is 12.8. The summed E-state index contributed by atoms with van der Waals surface area (Å²) in [6, 6.07) is 5.16. The summed E-state index contributed by atoms with van der Waals surface area (Å²) in [5.74, 6) is -1.44. The van der Waals surface area contributed by atoms with Gasteiger partial charge in [0.2, 0.25) is 0 Å². The molecule has 0 aliphatic carbocycles. The van der Waals surface area contributed by atoms with Crippen molar-refractivity contribution < 1.29 is 19.4 Å². The highest BCUT2D eigenvalue weighted by atomic mass is 16.5. The van der Waals surface area contributed by atoms with E-state index in [0.29, 0.717) is 24.0 Å². The zero-order valence-electron chi connectivity index (χ0n) is 12.8. The maximum Gasteiger partial charge on any atom is 0.332 e. The molecule has 2 N–H and O–H groups in total. The van der Waals surface area contributed by atoms with Crippen LogP contribution in [0, 0.1) is 0 Å². The van der Waals surface area contributed by atoms with Gasteiger partial charge in [-0.3, -0.25) is 13.9 Å². The molecule has 0 bridgehead atoms. The molecule has 1 saturated heterocycles. The van der Waals surface area contributed by atoms with Crippen molar-refractivity contribution in [1.29, 1.82) is 0 Å². The molecule has 1 aromatic carbocycles. The summed E-state index contributed by atoms with van der Waals surface area (Å²) in [6.45, 7) is 0. The van der Waals surface area contributed by atoms with Gasteiger partial charge in [0.05, 0.1) is 11.0 Å². The van der Waals surface area contributed by atoms with Crippen molar-refractivity contribution in [2.45, 2.75) is 25.0 Å². The van der Waals surface area contributed by atoms with E-state index >= 15 is 0 Å². The number of aryl methyl sites for hydroxylation is 2. The maximum atomic E-state index is 12.2. The maximum absolute atomic E-state index is 12.2. The third-order valence-corrected chi connectivity index (χ3v) is 4.13. The third kappa shape index (κ3) is 2.61. The molecule has 1 amide bonds. The second kappa shape index (κ2) is 5.54. The molecule has 0 unspecified atom stereocenters. The summed E-state index contributed by atoms with van der Waals surface area (Å²) >= 11 is 0. The molecule has 0 spiro atoms. The molecule has 2 atom stereocenters. The number of ether oxygens (including phenoxy) is 1. The zero-order chi connectivity index (χ0) is 16.7. The molecule has 1 aliphatic heterocycles. The minimum atomic E-state index is -1.05. The molecule has 0 saturated carbocycles. The first-order valence-electron chi connectivity index (χ1n) is 7.23. The van der Waals surface area contributed by atoms with E-state index < -0.39 is 18.2 Å². The molecule has 3 rings (SSSR count). The van der Waals surface area contributed by atoms with E-state index in [2.05, 4.69) is 5.32 Å². The molecular weight excluding hydrogens is 302 g/mol. The number of anilines is 1. The summed E-state index contributed by atoms with van der Waals surface area (Å²) in [5, 5.41) is 11.6. The van der Waals surface area contributed by atoms with E-state index in [-0.39, 0.29) is 11.6 Å². The van der Waals surface area contributed by atoms with Gasteiger partial charge in [0.25, 0.3) is 5.91 Å². The van der Waals surface area contributed by atoms with E-state index in [1.165, 1.54) is 9.13 Å². The first-order chi connectivity index (χ1) is 10.9. The first-order valence-corrected chi connectivity index (χ1v) is 7.23. The smallest absolute Gasteiger partial charge is 0.332 e. The molecule has 23 heavy (non-hydrogen) atoms. The Morgan fingerprint density at radius 3 is 2.48 bits per heavy atom. The molecule has 1 fully saturated rings. The van der Waals surface area contributed by atoms with Crippen LogP contribution in [0.1, 0.15) is 12.8 Å². The number of carboxylic acid groups (broad SMARTS) is 1. The quantitative estimate of drug-likeness (QED) is 0.855. The fraction of sp³-hybridized carbons (Fsp3) is 0.400. The van der Waals surface area contributed by atoms with Crippen LogP contribution in [0.15, 0.2) is 23.0 Å². The Morgan fingerprint density at radius 1 is 1.17 bits per heavy atom. The summed E-state index contributed by atoms with van der Waals surface area (Å²) in [7, 11) is 3.34. The number of carbonyl (C=O) groups is 2. The van der Waals surface area contributed by atoms with E-state index in [0.717, 1.165) is 5.52 Å².